The van der Waals surface area contributed by atoms with Gasteiger partial charge in [-0.3, -0.25) is 10.2 Å². The van der Waals surface area contributed by atoms with E-state index < -0.39 is 5.91 Å². The lowest BCUT2D eigenvalue weighted by Gasteiger charge is -2.20. The molecule has 5 rings (SSSR count). The standard InChI is InChI=1S/C31H28N4O5S/c1-3-8-21-13-14-26(27(19-21)37-2)39-16-15-38-24-12-7-9-22(17-24)18-25-29(32)35-31(33-30(25)36)41-28(34-35)20-40-23-10-5-4-6-11-23/h3-7,9-14,17-19,32H,1,8,15-16,20H2,2H3/b25-18-,32-29?. The van der Waals surface area contributed by atoms with Crippen LogP contribution in [0.25, 0.3) is 6.08 Å². The molecule has 0 unspecified atom stereocenters. The van der Waals surface area contributed by atoms with Crippen LogP contribution in [0.4, 0.5) is 0 Å². The average molecular weight is 569 g/mol. The summed E-state index contributed by atoms with van der Waals surface area (Å²) in [6.45, 7) is 4.58. The number of methoxy groups -OCH3 is 1. The summed E-state index contributed by atoms with van der Waals surface area (Å²) in [6, 6.07) is 22.4. The second-order valence-corrected chi connectivity index (χ2v) is 9.90. The number of carbonyl (C=O) groups is 1. The van der Waals surface area contributed by atoms with Crippen molar-refractivity contribution in [1.29, 1.82) is 5.41 Å². The molecule has 2 heterocycles. The normalized spacial score (nSPS) is 15.2. The van der Waals surface area contributed by atoms with E-state index in [0.717, 1.165) is 12.0 Å². The number of thioether (sulfide) groups is 1. The maximum Gasteiger partial charge on any atom is 0.283 e. The number of para-hydroxylation sites is 1. The summed E-state index contributed by atoms with van der Waals surface area (Å²) in [5.41, 5.74) is 1.92. The molecule has 0 fully saturated rings. The van der Waals surface area contributed by atoms with Gasteiger partial charge in [-0.05, 0) is 71.8 Å². The molecule has 0 radical (unpaired) electrons. The van der Waals surface area contributed by atoms with Crippen molar-refractivity contribution in [3.63, 3.8) is 0 Å². The first-order valence-electron chi connectivity index (χ1n) is 12.8. The molecule has 0 atom stereocenters. The molecule has 10 heteroatoms. The average Bonchev–Trinajstić information content (AvgIpc) is 3.41. The van der Waals surface area contributed by atoms with Gasteiger partial charge in [0.15, 0.2) is 17.3 Å². The molecule has 0 aromatic heterocycles. The van der Waals surface area contributed by atoms with Crippen molar-refractivity contribution in [2.24, 2.45) is 10.1 Å². The number of nitrogens with one attached hydrogen (secondary N) is 1. The highest BCUT2D eigenvalue weighted by molar-refractivity contribution is 8.27. The van der Waals surface area contributed by atoms with Crippen molar-refractivity contribution in [2.45, 2.75) is 6.42 Å². The Morgan fingerprint density at radius 2 is 1.76 bits per heavy atom. The molecule has 2 aliphatic rings. The van der Waals surface area contributed by atoms with Crippen molar-refractivity contribution in [3.8, 4) is 23.0 Å². The summed E-state index contributed by atoms with van der Waals surface area (Å²) in [4.78, 5) is 16.9. The number of ether oxygens (including phenoxy) is 4. The van der Waals surface area contributed by atoms with Gasteiger partial charge in [0.1, 0.15) is 36.4 Å². The Morgan fingerprint density at radius 1 is 0.951 bits per heavy atom. The lowest BCUT2D eigenvalue weighted by Crippen LogP contribution is -2.35. The van der Waals surface area contributed by atoms with Gasteiger partial charge in [-0.25, -0.2) is 0 Å². The molecule has 41 heavy (non-hydrogen) atoms. The third-order valence-corrected chi connectivity index (χ3v) is 6.87. The summed E-state index contributed by atoms with van der Waals surface area (Å²) < 4.78 is 22.9. The van der Waals surface area contributed by atoms with Crippen LogP contribution < -0.4 is 18.9 Å². The zero-order valence-corrected chi connectivity index (χ0v) is 23.2. The monoisotopic (exact) mass is 568 g/mol. The number of hydrogen-bond acceptors (Lipinski definition) is 8. The number of amides is 1. The number of amidine groups is 2. The van der Waals surface area contributed by atoms with E-state index in [9.17, 15) is 4.79 Å². The van der Waals surface area contributed by atoms with Crippen LogP contribution in [0, 0.1) is 5.41 Å². The number of hydrazone groups is 1. The highest BCUT2D eigenvalue weighted by Crippen LogP contribution is 2.30. The molecule has 3 aromatic carbocycles. The first-order valence-corrected chi connectivity index (χ1v) is 13.7. The number of nitrogens with zero attached hydrogens (tertiary/aromatic N) is 3. The topological polar surface area (TPSA) is 106 Å². The van der Waals surface area contributed by atoms with Crippen LogP contribution in [0.15, 0.2) is 101 Å². The number of carbonyl (C=O) groups excluding carboxylic acids is 1. The molecule has 9 nitrogen and oxygen atoms in total. The zero-order valence-electron chi connectivity index (χ0n) is 22.4. The molecule has 1 N–H and O–H groups in total. The number of hydrogen-bond donors (Lipinski definition) is 1. The van der Waals surface area contributed by atoms with E-state index in [-0.39, 0.29) is 18.0 Å². The van der Waals surface area contributed by atoms with Gasteiger partial charge in [-0.2, -0.15) is 15.1 Å². The fraction of sp³-hybridized carbons (Fsp3) is 0.161. The van der Waals surface area contributed by atoms with Crippen LogP contribution in [0.5, 0.6) is 23.0 Å². The molecule has 0 saturated carbocycles. The van der Waals surface area contributed by atoms with E-state index in [1.807, 2.05) is 72.8 Å². The molecule has 0 spiro atoms. The Morgan fingerprint density at radius 3 is 2.56 bits per heavy atom. The van der Waals surface area contributed by atoms with Gasteiger partial charge in [0, 0.05) is 0 Å². The lowest BCUT2D eigenvalue weighted by molar-refractivity contribution is -0.114. The van der Waals surface area contributed by atoms with Crippen LogP contribution in [-0.2, 0) is 11.2 Å². The number of allylic oxidation sites excluding steroid dienone is 1. The van der Waals surface area contributed by atoms with E-state index in [4.69, 9.17) is 24.4 Å². The van der Waals surface area contributed by atoms with Gasteiger partial charge in [0.05, 0.1) is 12.7 Å². The summed E-state index contributed by atoms with van der Waals surface area (Å²) in [7, 11) is 1.60. The smallest absolute Gasteiger partial charge is 0.283 e. The number of benzene rings is 3. The minimum absolute atomic E-state index is 0.0463. The Kier molecular flexibility index (Phi) is 8.80. The largest absolute Gasteiger partial charge is 0.493 e. The van der Waals surface area contributed by atoms with E-state index in [0.29, 0.717) is 52.0 Å². The van der Waals surface area contributed by atoms with Crippen molar-refractivity contribution >= 4 is 39.8 Å². The minimum atomic E-state index is -0.498. The first kappa shape index (κ1) is 27.7. The van der Waals surface area contributed by atoms with E-state index >= 15 is 0 Å². The van der Waals surface area contributed by atoms with Crippen LogP contribution in [0.3, 0.4) is 0 Å². The van der Waals surface area contributed by atoms with Gasteiger partial charge >= 0.3 is 0 Å². The Balaban J connectivity index is 1.19. The van der Waals surface area contributed by atoms with Crippen molar-refractivity contribution in [2.75, 3.05) is 26.9 Å². The quantitative estimate of drug-likeness (QED) is 0.173. The Labute approximate surface area is 242 Å². The van der Waals surface area contributed by atoms with Crippen LogP contribution >= 0.6 is 11.8 Å². The number of rotatable bonds is 12. The molecule has 3 aromatic rings. The summed E-state index contributed by atoms with van der Waals surface area (Å²) in [6.07, 6.45) is 4.20. The van der Waals surface area contributed by atoms with E-state index in [1.165, 1.54) is 16.8 Å². The fourth-order valence-electron chi connectivity index (χ4n) is 4.05. The molecular weight excluding hydrogens is 540 g/mol. The third kappa shape index (κ3) is 6.85. The molecular formula is C31H28N4O5S. The highest BCUT2D eigenvalue weighted by atomic mass is 32.2. The zero-order chi connectivity index (χ0) is 28.6. The second kappa shape index (κ2) is 13.0. The first-order chi connectivity index (χ1) is 20.0. The molecule has 2 aliphatic heterocycles. The van der Waals surface area contributed by atoms with Crippen LogP contribution in [-0.4, -0.2) is 53.9 Å². The van der Waals surface area contributed by atoms with Gasteiger partial charge in [0.25, 0.3) is 5.91 Å². The van der Waals surface area contributed by atoms with Crippen molar-refractivity contribution in [1.82, 2.24) is 5.01 Å². The van der Waals surface area contributed by atoms with Gasteiger partial charge in [0.2, 0.25) is 5.17 Å². The Hall–Kier alpha value is -4.83. The van der Waals surface area contributed by atoms with Crippen LogP contribution in [0.2, 0.25) is 0 Å². The SMILES string of the molecule is C=CCc1ccc(OCCOc2cccc(/C=C3/C(=N)N4N=C(COc5ccccc5)SC4=NC3=O)c2)c(OC)c1. The fourth-order valence-corrected chi connectivity index (χ4v) is 4.85. The number of fused-ring (bicyclic) bond motifs is 1. The molecule has 0 saturated heterocycles. The summed E-state index contributed by atoms with van der Waals surface area (Å²) in [5, 5.41) is 15.4. The van der Waals surface area contributed by atoms with Gasteiger partial charge in [-0.1, -0.05) is 42.5 Å². The molecule has 1 amide bonds. The second-order valence-electron chi connectivity index (χ2n) is 8.86. The minimum Gasteiger partial charge on any atom is -0.493 e. The number of aliphatic imine (C=N–C) groups is 1. The predicted octanol–water partition coefficient (Wildman–Crippen LogP) is 5.58. The summed E-state index contributed by atoms with van der Waals surface area (Å²) >= 11 is 1.22. The lowest BCUT2D eigenvalue weighted by atomic mass is 10.1. The predicted molar refractivity (Wildman–Crippen MR) is 161 cm³/mol. The maximum absolute atomic E-state index is 12.8. The molecule has 208 valence electrons. The third-order valence-electron chi connectivity index (χ3n) is 5.99. The highest BCUT2D eigenvalue weighted by Gasteiger charge is 2.35. The maximum atomic E-state index is 12.8. The van der Waals surface area contributed by atoms with E-state index in [2.05, 4.69) is 16.7 Å². The molecule has 0 aliphatic carbocycles. The summed E-state index contributed by atoms with van der Waals surface area (Å²) in [5.74, 6) is 2.05. The van der Waals surface area contributed by atoms with Gasteiger partial charge < -0.3 is 18.9 Å². The van der Waals surface area contributed by atoms with Crippen molar-refractivity contribution < 1.29 is 23.7 Å². The van der Waals surface area contributed by atoms with Crippen molar-refractivity contribution in [3.05, 3.63) is 102 Å². The van der Waals surface area contributed by atoms with E-state index in [1.54, 1.807) is 19.3 Å². The Bertz CT molecular complexity index is 1550. The molecule has 0 bridgehead atoms. The van der Waals surface area contributed by atoms with Crippen LogP contribution in [0.1, 0.15) is 11.1 Å². The van der Waals surface area contributed by atoms with Gasteiger partial charge in [-0.15, -0.1) is 6.58 Å².